The average Bonchev–Trinajstić information content (AvgIpc) is 2.65. The van der Waals surface area contributed by atoms with Crippen molar-refractivity contribution in [2.75, 3.05) is 13.7 Å². The fraction of sp³-hybridized carbons (Fsp3) is 0.727. The third-order valence-corrected chi connectivity index (χ3v) is 4.23. The fourth-order valence-electron chi connectivity index (χ4n) is 1.95. The fourth-order valence-corrected chi connectivity index (χ4v) is 2.74. The van der Waals surface area contributed by atoms with E-state index in [2.05, 4.69) is 24.7 Å². The number of hydrogen-bond donors (Lipinski definition) is 0. The molecule has 0 N–H and O–H groups in total. The van der Waals surface area contributed by atoms with Gasteiger partial charge in [0.1, 0.15) is 0 Å². The zero-order valence-electron chi connectivity index (χ0n) is 9.04. The first kappa shape index (κ1) is 12.1. The first-order valence-corrected chi connectivity index (χ1v) is 6.32. The van der Waals surface area contributed by atoms with Crippen molar-refractivity contribution >= 4 is 4.02 Å². The van der Waals surface area contributed by atoms with E-state index in [0.717, 1.165) is 10.6 Å². The Kier molecular flexibility index (Phi) is 4.07. The second kappa shape index (κ2) is 4.71. The van der Waals surface area contributed by atoms with Gasteiger partial charge in [0.15, 0.2) is 0 Å². The number of hydrogen-bond acceptors (Lipinski definition) is 2. The molecule has 14 heavy (non-hydrogen) atoms. The molecule has 0 aromatic rings. The van der Waals surface area contributed by atoms with Crippen LogP contribution >= 0.6 is 0 Å². The van der Waals surface area contributed by atoms with E-state index < -0.39 is 0 Å². The van der Waals surface area contributed by atoms with Crippen LogP contribution in [0.25, 0.3) is 0 Å². The van der Waals surface area contributed by atoms with Gasteiger partial charge in [0, 0.05) is 0 Å². The minimum atomic E-state index is -0.103. The van der Waals surface area contributed by atoms with E-state index in [-0.39, 0.29) is 5.60 Å². The van der Waals surface area contributed by atoms with Gasteiger partial charge >= 0.3 is 97.3 Å². The molecule has 78 valence electrons. The minimum absolute atomic E-state index is 0.103. The molecule has 0 aromatic heterocycles. The standard InChI is InChI=1S/C11H17NO.W/c1-5-8-12-9-6-7-10(12)11(2,3)13-4;/h1,10H,6-7,9H2,2-4H3;/t10-;/m0./s1. The van der Waals surface area contributed by atoms with Crippen LogP contribution in [0.2, 0.25) is 0 Å². The number of likely N-dealkylation sites (tertiary alicyclic amines) is 1. The van der Waals surface area contributed by atoms with E-state index in [9.17, 15) is 0 Å². The summed E-state index contributed by atoms with van der Waals surface area (Å²) in [5.74, 6) is 2.76. The van der Waals surface area contributed by atoms with Crippen LogP contribution < -0.4 is 0 Å². The monoisotopic (exact) mass is 363 g/mol. The van der Waals surface area contributed by atoms with Crippen LogP contribution in [0, 0.1) is 12.3 Å². The molecule has 0 spiro atoms. The average molecular weight is 363 g/mol. The van der Waals surface area contributed by atoms with Gasteiger partial charge in [-0.1, -0.05) is 0 Å². The molecule has 1 saturated heterocycles. The van der Waals surface area contributed by atoms with E-state index in [1.807, 2.05) is 0 Å². The van der Waals surface area contributed by atoms with E-state index in [1.165, 1.54) is 32.2 Å². The topological polar surface area (TPSA) is 12.5 Å². The molecule has 0 aliphatic carbocycles. The summed E-state index contributed by atoms with van der Waals surface area (Å²) in [4.78, 5) is 2.33. The Balaban J connectivity index is 2.79. The third kappa shape index (κ3) is 2.34. The van der Waals surface area contributed by atoms with Gasteiger partial charge in [-0.25, -0.2) is 0 Å². The number of ether oxygens (including phenoxy) is 1. The van der Waals surface area contributed by atoms with E-state index in [0.29, 0.717) is 6.04 Å². The van der Waals surface area contributed by atoms with Crippen molar-refractivity contribution in [1.29, 1.82) is 0 Å². The Morgan fingerprint density at radius 3 is 2.79 bits per heavy atom. The first-order valence-electron chi connectivity index (χ1n) is 4.85. The van der Waals surface area contributed by atoms with Gasteiger partial charge < -0.3 is 0 Å². The molecular formula is C11H17NOW. The molecule has 1 heterocycles. The third-order valence-electron chi connectivity index (χ3n) is 2.97. The molecule has 0 saturated carbocycles. The Hall–Kier alpha value is 0.0383. The van der Waals surface area contributed by atoms with E-state index >= 15 is 0 Å². The van der Waals surface area contributed by atoms with Gasteiger partial charge in [0.25, 0.3) is 0 Å². The van der Waals surface area contributed by atoms with Crippen LogP contribution in [0.3, 0.4) is 0 Å². The summed E-state index contributed by atoms with van der Waals surface area (Å²) in [6.07, 6.45) is 7.85. The molecule has 0 unspecified atom stereocenters. The van der Waals surface area contributed by atoms with Crippen LogP contribution in [0.5, 0.6) is 0 Å². The Morgan fingerprint density at radius 1 is 1.64 bits per heavy atom. The van der Waals surface area contributed by atoms with Crippen LogP contribution in [-0.2, 0) is 24.1 Å². The predicted molar refractivity (Wildman–Crippen MR) is 54.7 cm³/mol. The van der Waals surface area contributed by atoms with Crippen molar-refractivity contribution < 1.29 is 24.1 Å². The Bertz CT molecular complexity index is 267. The molecule has 0 amide bonds. The quantitative estimate of drug-likeness (QED) is 0.699. The zero-order chi connectivity index (χ0) is 10.8. The maximum absolute atomic E-state index is 5.53. The Labute approximate surface area is 97.4 Å². The molecule has 0 bridgehead atoms. The molecule has 2 nitrogen and oxygen atoms in total. The number of methoxy groups -OCH3 is 1. The Morgan fingerprint density at radius 2 is 2.29 bits per heavy atom. The van der Waals surface area contributed by atoms with Crippen molar-refractivity contribution in [1.82, 2.24) is 4.90 Å². The summed E-state index contributed by atoms with van der Waals surface area (Å²) in [5, 5.41) is 0. The first-order chi connectivity index (χ1) is 6.53. The van der Waals surface area contributed by atoms with Crippen molar-refractivity contribution in [3.8, 4) is 12.3 Å². The molecule has 3 heteroatoms. The summed E-state index contributed by atoms with van der Waals surface area (Å²) in [6, 6.07) is 0.441. The molecular weight excluding hydrogens is 346 g/mol. The van der Waals surface area contributed by atoms with Crippen LogP contribution in [0.4, 0.5) is 0 Å². The molecule has 1 aliphatic rings. The van der Waals surface area contributed by atoms with E-state index in [4.69, 9.17) is 11.2 Å². The second-order valence-corrected chi connectivity index (χ2v) is 5.50. The second-order valence-electron chi connectivity index (χ2n) is 4.11. The number of rotatable bonds is 3. The predicted octanol–water partition coefficient (Wildman–Crippen LogP) is 1.19. The SMILES string of the molecule is C#C[C](=[W])N1CCC[C@H]1C(C)(C)OC. The number of terminal acetylenes is 1. The van der Waals surface area contributed by atoms with Crippen LogP contribution in [0.1, 0.15) is 26.7 Å². The molecule has 0 radical (unpaired) electrons. The maximum atomic E-state index is 5.53. The normalized spacial score (nSPS) is 23.4. The van der Waals surface area contributed by atoms with Crippen molar-refractivity contribution in [3.05, 3.63) is 0 Å². The summed E-state index contributed by atoms with van der Waals surface area (Å²) >= 11 is 1.38. The molecule has 1 atom stereocenters. The molecule has 1 fully saturated rings. The van der Waals surface area contributed by atoms with Crippen LogP contribution in [-0.4, -0.2) is 34.2 Å². The van der Waals surface area contributed by atoms with E-state index in [1.54, 1.807) is 7.11 Å². The van der Waals surface area contributed by atoms with Gasteiger partial charge in [-0.15, -0.1) is 0 Å². The zero-order valence-corrected chi connectivity index (χ0v) is 12.0. The summed E-state index contributed by atoms with van der Waals surface area (Å²) in [7, 11) is 1.77. The molecule has 1 aliphatic heterocycles. The molecule has 0 aromatic carbocycles. The molecule has 1 rings (SSSR count). The van der Waals surface area contributed by atoms with Crippen molar-refractivity contribution in [2.24, 2.45) is 0 Å². The van der Waals surface area contributed by atoms with Gasteiger partial charge in [0.2, 0.25) is 0 Å². The summed E-state index contributed by atoms with van der Waals surface area (Å²) in [5.41, 5.74) is -0.103. The number of nitrogens with zero attached hydrogens (tertiary/aromatic N) is 1. The van der Waals surface area contributed by atoms with Crippen molar-refractivity contribution in [2.45, 2.75) is 38.3 Å². The van der Waals surface area contributed by atoms with Crippen LogP contribution in [0.15, 0.2) is 0 Å². The summed E-state index contributed by atoms with van der Waals surface area (Å²) < 4.78 is 6.64. The van der Waals surface area contributed by atoms with Gasteiger partial charge in [-0.3, -0.25) is 0 Å². The van der Waals surface area contributed by atoms with Gasteiger partial charge in [0.05, 0.1) is 0 Å². The van der Waals surface area contributed by atoms with Crippen molar-refractivity contribution in [3.63, 3.8) is 0 Å². The van der Waals surface area contributed by atoms with Gasteiger partial charge in [-0.05, 0) is 0 Å². The van der Waals surface area contributed by atoms with Gasteiger partial charge in [-0.2, -0.15) is 0 Å². The summed E-state index contributed by atoms with van der Waals surface area (Å²) in [6.45, 7) is 5.35.